The van der Waals surface area contributed by atoms with Gasteiger partial charge in [-0.25, -0.2) is 13.6 Å². The Hall–Kier alpha value is -2.29. The van der Waals surface area contributed by atoms with Crippen molar-refractivity contribution >= 4 is 56.6 Å². The highest BCUT2D eigenvalue weighted by atomic mass is 35.5. The molecule has 1 N–H and O–H groups in total. The number of aliphatic carboxylic acids is 1. The fraction of sp³-hybridized carbons (Fsp3) is 0.167. The minimum atomic E-state index is -1.18. The zero-order chi connectivity index (χ0) is 20.6. The summed E-state index contributed by atoms with van der Waals surface area (Å²) in [5, 5.41) is 9.95. The number of carbonyl (C=O) groups excluding carboxylic acids is 1. The van der Waals surface area contributed by atoms with Crippen LogP contribution in [-0.4, -0.2) is 21.6 Å². The summed E-state index contributed by atoms with van der Waals surface area (Å²) in [6.45, 7) is 1.62. The quantitative estimate of drug-likeness (QED) is 0.610. The molecule has 0 saturated heterocycles. The lowest BCUT2D eigenvalue weighted by Crippen LogP contribution is -2.27. The highest BCUT2D eigenvalue weighted by molar-refractivity contribution is 7.16. The fourth-order valence-electron chi connectivity index (χ4n) is 2.66. The van der Waals surface area contributed by atoms with Crippen LogP contribution in [0.3, 0.4) is 0 Å². The predicted octanol–water partition coefficient (Wildman–Crippen LogP) is 5.06. The van der Waals surface area contributed by atoms with Crippen molar-refractivity contribution in [2.75, 3.05) is 0 Å². The number of nitrogens with zero attached hydrogens (tertiary/aromatic N) is 2. The van der Waals surface area contributed by atoms with Gasteiger partial charge in [-0.15, -0.1) is 0 Å². The van der Waals surface area contributed by atoms with Gasteiger partial charge in [-0.1, -0.05) is 41.5 Å². The first kappa shape index (κ1) is 20.4. The Balaban J connectivity index is 2.26. The van der Waals surface area contributed by atoms with Crippen LogP contribution < -0.4 is 4.80 Å². The minimum Gasteiger partial charge on any atom is -0.480 e. The number of hydrogen-bond donors (Lipinski definition) is 1. The molecule has 0 bridgehead atoms. The van der Waals surface area contributed by atoms with Gasteiger partial charge in [0.1, 0.15) is 6.04 Å². The zero-order valence-corrected chi connectivity index (χ0v) is 16.6. The van der Waals surface area contributed by atoms with Gasteiger partial charge >= 0.3 is 5.97 Å². The third-order valence-corrected chi connectivity index (χ3v) is 5.77. The van der Waals surface area contributed by atoms with Crippen molar-refractivity contribution in [1.82, 2.24) is 4.57 Å². The molecule has 1 atom stereocenters. The van der Waals surface area contributed by atoms with Crippen molar-refractivity contribution in [3.05, 3.63) is 62.4 Å². The lowest BCUT2D eigenvalue weighted by atomic mass is 10.2. The molecule has 10 heteroatoms. The van der Waals surface area contributed by atoms with E-state index in [0.717, 1.165) is 23.5 Å². The number of aromatic nitrogens is 1. The highest BCUT2D eigenvalue weighted by Crippen LogP contribution is 2.26. The molecule has 0 aliphatic heterocycles. The molecule has 0 spiro atoms. The molecule has 1 aromatic heterocycles. The maximum Gasteiger partial charge on any atom is 0.326 e. The van der Waals surface area contributed by atoms with E-state index in [9.17, 15) is 23.5 Å². The van der Waals surface area contributed by atoms with Crippen LogP contribution in [0.4, 0.5) is 8.78 Å². The van der Waals surface area contributed by atoms with Gasteiger partial charge in [0.05, 0.1) is 20.3 Å². The molecular formula is C18H12Cl2F2N2O3S. The van der Waals surface area contributed by atoms with Crippen LogP contribution in [0, 0.1) is 11.6 Å². The van der Waals surface area contributed by atoms with Crippen LogP contribution in [-0.2, 0) is 4.79 Å². The van der Waals surface area contributed by atoms with E-state index in [0.29, 0.717) is 0 Å². The second-order valence-corrected chi connectivity index (χ2v) is 7.62. The van der Waals surface area contributed by atoms with E-state index in [-0.39, 0.29) is 37.0 Å². The van der Waals surface area contributed by atoms with Gasteiger partial charge in [-0.05, 0) is 30.7 Å². The van der Waals surface area contributed by atoms with Gasteiger partial charge in [0.15, 0.2) is 16.4 Å². The standard InChI is InChI=1S/C18H12Cl2F2N2O3S/c1-2-13(17(26)27)24-14-6-11(21)12(22)7-15(14)28-18(24)23-16(25)8-3-4-9(19)10(20)5-8/h3-7,13H,2H2,1H3,(H,26,27). The Kier molecular flexibility index (Phi) is 5.83. The Morgan fingerprint density at radius 3 is 2.46 bits per heavy atom. The van der Waals surface area contributed by atoms with Crippen LogP contribution in [0.1, 0.15) is 29.7 Å². The monoisotopic (exact) mass is 444 g/mol. The topological polar surface area (TPSA) is 71.7 Å². The van der Waals surface area contributed by atoms with Crippen LogP contribution >= 0.6 is 34.5 Å². The van der Waals surface area contributed by atoms with Crippen LogP contribution in [0.25, 0.3) is 10.2 Å². The minimum absolute atomic E-state index is 0.00493. The first-order chi connectivity index (χ1) is 13.2. The smallest absolute Gasteiger partial charge is 0.326 e. The van der Waals surface area contributed by atoms with Gasteiger partial charge in [0.25, 0.3) is 5.91 Å². The normalized spacial score (nSPS) is 13.1. The Bertz CT molecular complexity index is 1170. The molecule has 1 amide bonds. The summed E-state index contributed by atoms with van der Waals surface area (Å²) in [7, 11) is 0. The van der Waals surface area contributed by atoms with Crippen LogP contribution in [0.15, 0.2) is 35.3 Å². The van der Waals surface area contributed by atoms with E-state index in [4.69, 9.17) is 23.2 Å². The van der Waals surface area contributed by atoms with E-state index in [1.165, 1.54) is 22.8 Å². The second kappa shape index (κ2) is 7.98. The summed E-state index contributed by atoms with van der Waals surface area (Å²) >= 11 is 12.6. The first-order valence-corrected chi connectivity index (χ1v) is 9.57. The molecule has 2 aromatic carbocycles. The maximum atomic E-state index is 13.8. The lowest BCUT2D eigenvalue weighted by molar-refractivity contribution is -0.140. The van der Waals surface area contributed by atoms with E-state index < -0.39 is 29.6 Å². The highest BCUT2D eigenvalue weighted by Gasteiger charge is 2.23. The molecule has 1 unspecified atom stereocenters. The lowest BCUT2D eigenvalue weighted by Gasteiger charge is -2.13. The van der Waals surface area contributed by atoms with E-state index in [1.807, 2.05) is 0 Å². The third kappa shape index (κ3) is 3.80. The third-order valence-electron chi connectivity index (χ3n) is 4.02. The number of hydrogen-bond acceptors (Lipinski definition) is 3. The van der Waals surface area contributed by atoms with Gasteiger partial charge in [-0.2, -0.15) is 4.99 Å². The molecule has 0 fully saturated rings. The number of fused-ring (bicyclic) bond motifs is 1. The zero-order valence-electron chi connectivity index (χ0n) is 14.2. The van der Waals surface area contributed by atoms with Gasteiger partial charge in [-0.3, -0.25) is 4.79 Å². The number of carbonyl (C=O) groups is 2. The molecule has 146 valence electrons. The average molecular weight is 445 g/mol. The van der Waals surface area contributed by atoms with Crippen molar-refractivity contribution in [3.63, 3.8) is 0 Å². The van der Waals surface area contributed by atoms with Crippen molar-refractivity contribution in [3.8, 4) is 0 Å². The van der Waals surface area contributed by atoms with Crippen LogP contribution in [0.5, 0.6) is 0 Å². The fourth-order valence-corrected chi connectivity index (χ4v) is 4.04. The van der Waals surface area contributed by atoms with Crippen molar-refractivity contribution in [2.45, 2.75) is 19.4 Å². The van der Waals surface area contributed by atoms with Crippen molar-refractivity contribution < 1.29 is 23.5 Å². The number of thiazole rings is 1. The largest absolute Gasteiger partial charge is 0.480 e. The average Bonchev–Trinajstić information content (AvgIpc) is 2.95. The first-order valence-electron chi connectivity index (χ1n) is 8.00. The van der Waals surface area contributed by atoms with E-state index in [1.54, 1.807) is 6.92 Å². The molecule has 3 aromatic rings. The summed E-state index contributed by atoms with van der Waals surface area (Å²) in [6.07, 6.45) is 0.147. The molecule has 0 aliphatic rings. The second-order valence-electron chi connectivity index (χ2n) is 5.80. The molecule has 0 aliphatic carbocycles. The molecule has 1 heterocycles. The Morgan fingerprint density at radius 1 is 1.18 bits per heavy atom. The summed E-state index contributed by atoms with van der Waals surface area (Å²) in [4.78, 5) is 28.2. The number of rotatable bonds is 4. The Morgan fingerprint density at radius 2 is 1.86 bits per heavy atom. The molecule has 0 saturated carbocycles. The molecule has 5 nitrogen and oxygen atoms in total. The van der Waals surface area contributed by atoms with Crippen LogP contribution in [0.2, 0.25) is 10.0 Å². The van der Waals surface area contributed by atoms with Gasteiger partial charge in [0.2, 0.25) is 0 Å². The van der Waals surface area contributed by atoms with E-state index in [2.05, 4.69) is 4.99 Å². The Labute approximate surface area is 171 Å². The van der Waals surface area contributed by atoms with Crippen molar-refractivity contribution in [2.24, 2.45) is 4.99 Å². The maximum absolute atomic E-state index is 13.8. The SMILES string of the molecule is CCC(C(=O)O)n1c(=NC(=O)c2ccc(Cl)c(Cl)c2)sc2cc(F)c(F)cc21. The molecule has 3 rings (SSSR count). The summed E-state index contributed by atoms with van der Waals surface area (Å²) in [5.41, 5.74) is 0.276. The predicted molar refractivity (Wildman–Crippen MR) is 103 cm³/mol. The summed E-state index contributed by atoms with van der Waals surface area (Å²) in [6, 6.07) is 4.92. The summed E-state index contributed by atoms with van der Waals surface area (Å²) in [5.74, 6) is -4.08. The van der Waals surface area contributed by atoms with Gasteiger partial charge < -0.3 is 9.67 Å². The number of halogens is 4. The summed E-state index contributed by atoms with van der Waals surface area (Å²) < 4.78 is 28.9. The molecule has 28 heavy (non-hydrogen) atoms. The van der Waals surface area contributed by atoms with Gasteiger partial charge in [0, 0.05) is 11.6 Å². The molecule has 0 radical (unpaired) electrons. The number of benzene rings is 2. The van der Waals surface area contributed by atoms with E-state index >= 15 is 0 Å². The number of carboxylic acids is 1. The number of carboxylic acid groups (broad SMARTS) is 1. The number of amides is 1. The van der Waals surface area contributed by atoms with Crippen molar-refractivity contribution in [1.29, 1.82) is 0 Å². The molecular weight excluding hydrogens is 433 g/mol.